The molecule has 0 radical (unpaired) electrons. The largest absolute Gasteiger partial charge is 0.349 e. The van der Waals surface area contributed by atoms with Crippen LogP contribution >= 0.6 is 0 Å². The summed E-state index contributed by atoms with van der Waals surface area (Å²) in [7, 11) is 0. The van der Waals surface area contributed by atoms with E-state index in [9.17, 15) is 9.59 Å². The van der Waals surface area contributed by atoms with Gasteiger partial charge < -0.3 is 10.3 Å². The fourth-order valence-corrected chi connectivity index (χ4v) is 3.45. The molecule has 1 amide bonds. The maximum absolute atomic E-state index is 12.3. The van der Waals surface area contributed by atoms with E-state index in [0.29, 0.717) is 29.9 Å². The summed E-state index contributed by atoms with van der Waals surface area (Å²) in [5.74, 6) is 0.584. The number of aromatic nitrogens is 2. The molecule has 1 aromatic heterocycles. The van der Waals surface area contributed by atoms with Gasteiger partial charge in [-0.2, -0.15) is 0 Å². The molecule has 5 nitrogen and oxygen atoms in total. The topological polar surface area (TPSA) is 74.8 Å². The van der Waals surface area contributed by atoms with Crippen molar-refractivity contribution in [2.75, 3.05) is 0 Å². The van der Waals surface area contributed by atoms with E-state index in [1.165, 1.54) is 11.1 Å². The van der Waals surface area contributed by atoms with Crippen molar-refractivity contribution >= 4 is 5.91 Å². The van der Waals surface area contributed by atoms with Crippen molar-refractivity contribution in [3.8, 4) is 0 Å². The molecule has 1 aliphatic rings. The Labute approximate surface area is 141 Å². The van der Waals surface area contributed by atoms with Gasteiger partial charge >= 0.3 is 0 Å². The molecule has 2 aromatic rings. The van der Waals surface area contributed by atoms with E-state index < -0.39 is 0 Å². The molecule has 2 N–H and O–H groups in total. The fraction of sp³-hybridized carbons (Fsp3) is 0.421. The summed E-state index contributed by atoms with van der Waals surface area (Å²) >= 11 is 0. The average Bonchev–Trinajstić information content (AvgIpc) is 2.54. The maximum atomic E-state index is 12.3. The van der Waals surface area contributed by atoms with Crippen molar-refractivity contribution < 1.29 is 4.79 Å². The van der Waals surface area contributed by atoms with Gasteiger partial charge in [-0.3, -0.25) is 9.59 Å². The number of aromatic amines is 1. The second-order valence-corrected chi connectivity index (χ2v) is 6.43. The smallest absolute Gasteiger partial charge is 0.254 e. The SMILES string of the molecule is Cc1nc(C)c(CCC(=O)N[C@@H]2CCCc3ccccc32)c(=O)[nH]1. The average molecular weight is 325 g/mol. The van der Waals surface area contributed by atoms with Crippen molar-refractivity contribution in [2.24, 2.45) is 0 Å². The summed E-state index contributed by atoms with van der Waals surface area (Å²) in [5, 5.41) is 3.12. The lowest BCUT2D eigenvalue weighted by Gasteiger charge is -2.26. The highest BCUT2D eigenvalue weighted by Gasteiger charge is 2.21. The van der Waals surface area contributed by atoms with Gasteiger partial charge in [-0.1, -0.05) is 24.3 Å². The maximum Gasteiger partial charge on any atom is 0.254 e. The number of carbonyl (C=O) groups excluding carboxylic acids is 1. The highest BCUT2D eigenvalue weighted by Crippen LogP contribution is 2.29. The third kappa shape index (κ3) is 3.55. The summed E-state index contributed by atoms with van der Waals surface area (Å²) in [4.78, 5) is 31.3. The van der Waals surface area contributed by atoms with Gasteiger partial charge in [-0.05, 0) is 50.7 Å². The molecular weight excluding hydrogens is 302 g/mol. The summed E-state index contributed by atoms with van der Waals surface area (Å²) < 4.78 is 0. The molecule has 0 bridgehead atoms. The van der Waals surface area contributed by atoms with E-state index >= 15 is 0 Å². The zero-order valence-electron chi connectivity index (χ0n) is 14.2. The van der Waals surface area contributed by atoms with Gasteiger partial charge in [0.05, 0.1) is 6.04 Å². The van der Waals surface area contributed by atoms with E-state index in [-0.39, 0.29) is 17.5 Å². The molecule has 0 saturated heterocycles. The monoisotopic (exact) mass is 325 g/mol. The third-order valence-electron chi connectivity index (χ3n) is 4.65. The van der Waals surface area contributed by atoms with Crippen molar-refractivity contribution in [1.29, 1.82) is 0 Å². The molecule has 0 aliphatic heterocycles. The molecular formula is C19H23N3O2. The number of nitrogens with one attached hydrogen (secondary N) is 2. The molecule has 3 rings (SSSR count). The van der Waals surface area contributed by atoms with Gasteiger partial charge in [0, 0.05) is 17.7 Å². The molecule has 1 aromatic carbocycles. The number of hydrogen-bond donors (Lipinski definition) is 2. The number of benzene rings is 1. The predicted octanol–water partition coefficient (Wildman–Crippen LogP) is 2.51. The van der Waals surface area contributed by atoms with Gasteiger partial charge in [-0.25, -0.2) is 4.98 Å². The van der Waals surface area contributed by atoms with Crippen LogP contribution < -0.4 is 10.9 Å². The minimum atomic E-state index is -0.143. The standard InChI is InChI=1S/C19H23N3O2/c1-12-15(19(24)21-13(2)20-12)10-11-18(23)22-17-9-5-7-14-6-3-4-8-16(14)17/h3-4,6,8,17H,5,7,9-11H2,1-2H3,(H,22,23)(H,20,21,24)/t17-/m1/s1. The van der Waals surface area contributed by atoms with Crippen molar-refractivity contribution in [2.45, 2.75) is 52.0 Å². The van der Waals surface area contributed by atoms with Crippen LogP contribution in [0.2, 0.25) is 0 Å². The number of amides is 1. The van der Waals surface area contributed by atoms with E-state index in [2.05, 4.69) is 27.4 Å². The summed E-state index contributed by atoms with van der Waals surface area (Å²) in [6.07, 6.45) is 3.84. The zero-order valence-corrected chi connectivity index (χ0v) is 14.2. The second-order valence-electron chi connectivity index (χ2n) is 6.43. The first-order chi connectivity index (χ1) is 11.5. The number of hydrogen-bond acceptors (Lipinski definition) is 3. The first-order valence-corrected chi connectivity index (χ1v) is 8.48. The summed E-state index contributed by atoms with van der Waals surface area (Å²) in [6.45, 7) is 3.57. The van der Waals surface area contributed by atoms with Crippen LogP contribution in [0.5, 0.6) is 0 Å². The highest BCUT2D eigenvalue weighted by atomic mass is 16.1. The minimum absolute atomic E-state index is 0.0175. The van der Waals surface area contributed by atoms with Gasteiger partial charge in [-0.15, -0.1) is 0 Å². The van der Waals surface area contributed by atoms with Crippen LogP contribution in [0.3, 0.4) is 0 Å². The number of rotatable bonds is 4. The van der Waals surface area contributed by atoms with Crippen LogP contribution in [0.15, 0.2) is 29.1 Å². The first kappa shape index (κ1) is 16.4. The van der Waals surface area contributed by atoms with Crippen molar-refractivity contribution in [3.05, 3.63) is 62.8 Å². The lowest BCUT2D eigenvalue weighted by molar-refractivity contribution is -0.121. The Kier molecular flexibility index (Phi) is 4.79. The van der Waals surface area contributed by atoms with E-state index in [1.807, 2.05) is 19.1 Å². The molecule has 0 saturated carbocycles. The van der Waals surface area contributed by atoms with Crippen LogP contribution in [-0.2, 0) is 17.6 Å². The Morgan fingerprint density at radius 1 is 1.33 bits per heavy atom. The lowest BCUT2D eigenvalue weighted by Crippen LogP contribution is -2.31. The first-order valence-electron chi connectivity index (χ1n) is 8.48. The van der Waals surface area contributed by atoms with Crippen LogP contribution in [0.1, 0.15) is 53.5 Å². The van der Waals surface area contributed by atoms with Gasteiger partial charge in [0.25, 0.3) is 5.56 Å². The van der Waals surface area contributed by atoms with Gasteiger partial charge in [0.2, 0.25) is 5.91 Å². The molecule has 1 heterocycles. The Morgan fingerprint density at radius 2 is 2.12 bits per heavy atom. The van der Waals surface area contributed by atoms with Crippen LogP contribution in [0, 0.1) is 13.8 Å². The van der Waals surface area contributed by atoms with Crippen LogP contribution in [-0.4, -0.2) is 15.9 Å². The second kappa shape index (κ2) is 6.99. The number of carbonyl (C=O) groups is 1. The Hall–Kier alpha value is -2.43. The number of nitrogens with zero attached hydrogens (tertiary/aromatic N) is 1. The molecule has 24 heavy (non-hydrogen) atoms. The Morgan fingerprint density at radius 3 is 2.92 bits per heavy atom. The number of H-pyrrole nitrogens is 1. The normalized spacial score (nSPS) is 16.5. The number of aryl methyl sites for hydroxylation is 3. The highest BCUT2D eigenvalue weighted by molar-refractivity contribution is 5.76. The third-order valence-corrected chi connectivity index (χ3v) is 4.65. The molecule has 5 heteroatoms. The Bertz CT molecular complexity index is 810. The van der Waals surface area contributed by atoms with Crippen molar-refractivity contribution in [3.63, 3.8) is 0 Å². The molecule has 0 unspecified atom stereocenters. The lowest BCUT2D eigenvalue weighted by atomic mass is 9.87. The van der Waals surface area contributed by atoms with E-state index in [0.717, 1.165) is 19.3 Å². The van der Waals surface area contributed by atoms with Crippen LogP contribution in [0.4, 0.5) is 0 Å². The fourth-order valence-electron chi connectivity index (χ4n) is 3.45. The summed E-state index contributed by atoms with van der Waals surface area (Å²) in [5.41, 5.74) is 3.70. The molecule has 0 spiro atoms. The van der Waals surface area contributed by atoms with Gasteiger partial charge in [0.15, 0.2) is 0 Å². The molecule has 1 atom stereocenters. The Balaban J connectivity index is 1.64. The minimum Gasteiger partial charge on any atom is -0.349 e. The molecule has 126 valence electrons. The predicted molar refractivity (Wildman–Crippen MR) is 92.9 cm³/mol. The van der Waals surface area contributed by atoms with E-state index in [4.69, 9.17) is 0 Å². The molecule has 0 fully saturated rings. The van der Waals surface area contributed by atoms with Crippen molar-refractivity contribution in [1.82, 2.24) is 15.3 Å². The van der Waals surface area contributed by atoms with Gasteiger partial charge in [0.1, 0.15) is 5.82 Å². The quantitative estimate of drug-likeness (QED) is 0.907. The van der Waals surface area contributed by atoms with E-state index in [1.54, 1.807) is 6.92 Å². The molecule has 1 aliphatic carbocycles. The number of fused-ring (bicyclic) bond motifs is 1. The zero-order chi connectivity index (χ0) is 17.1. The van der Waals surface area contributed by atoms with Crippen LogP contribution in [0.25, 0.3) is 0 Å². The summed E-state index contributed by atoms with van der Waals surface area (Å²) in [6, 6.07) is 8.37.